The molecule has 0 bridgehead atoms. The zero-order valence-electron chi connectivity index (χ0n) is 23.1. The maximum atomic E-state index is 12.9. The first kappa shape index (κ1) is 28.2. The summed E-state index contributed by atoms with van der Waals surface area (Å²) in [5.74, 6) is -0.359. The molecule has 0 atom stereocenters. The molecule has 0 radical (unpaired) electrons. The zero-order valence-corrected chi connectivity index (χ0v) is 23.9. The van der Waals surface area contributed by atoms with E-state index in [9.17, 15) is 19.7 Å². The Morgan fingerprint density at radius 1 is 1.02 bits per heavy atom. The van der Waals surface area contributed by atoms with E-state index in [0.29, 0.717) is 24.3 Å². The molecule has 3 aromatic carbocycles. The topological polar surface area (TPSA) is 118 Å². The van der Waals surface area contributed by atoms with Crippen LogP contribution in [0.3, 0.4) is 0 Å². The van der Waals surface area contributed by atoms with Crippen molar-refractivity contribution in [3.63, 3.8) is 0 Å². The highest BCUT2D eigenvalue weighted by molar-refractivity contribution is 7.21. The molecule has 0 saturated carbocycles. The summed E-state index contributed by atoms with van der Waals surface area (Å²) in [5, 5.41) is 14.6. The summed E-state index contributed by atoms with van der Waals surface area (Å²) in [7, 11) is 0. The molecule has 1 aliphatic rings. The molecule has 1 aliphatic heterocycles. The van der Waals surface area contributed by atoms with Gasteiger partial charge in [-0.25, -0.2) is 9.78 Å². The summed E-state index contributed by atoms with van der Waals surface area (Å²) in [6.07, 6.45) is -0.264. The first-order valence-corrected chi connectivity index (χ1v) is 14.1. The number of aromatic nitrogens is 1. The first-order chi connectivity index (χ1) is 19.6. The van der Waals surface area contributed by atoms with Crippen molar-refractivity contribution in [2.24, 2.45) is 0 Å². The Balaban J connectivity index is 1.26. The smallest absolute Gasteiger partial charge is 0.410 e. The Bertz CT molecular complexity index is 1590. The van der Waals surface area contributed by atoms with E-state index >= 15 is 0 Å². The molecule has 10 nitrogen and oxygen atoms in total. The Morgan fingerprint density at radius 3 is 2.41 bits per heavy atom. The van der Waals surface area contributed by atoms with Gasteiger partial charge in [-0.15, -0.1) is 11.3 Å². The van der Waals surface area contributed by atoms with Crippen LogP contribution in [-0.2, 0) is 11.3 Å². The number of thiazole rings is 1. The number of nitrogens with zero attached hydrogens (tertiary/aromatic N) is 4. The fraction of sp³-hybridized carbons (Fsp3) is 0.300. The highest BCUT2D eigenvalue weighted by Crippen LogP contribution is 2.35. The molecule has 1 N–H and O–H groups in total. The van der Waals surface area contributed by atoms with Gasteiger partial charge in [-0.2, -0.15) is 0 Å². The quantitative estimate of drug-likeness (QED) is 0.216. The number of amides is 2. The monoisotopic (exact) mass is 573 g/mol. The number of piperazine rings is 1. The van der Waals surface area contributed by atoms with Crippen molar-refractivity contribution < 1.29 is 19.2 Å². The van der Waals surface area contributed by atoms with Gasteiger partial charge in [0.25, 0.3) is 11.6 Å². The maximum Gasteiger partial charge on any atom is 0.410 e. The van der Waals surface area contributed by atoms with Gasteiger partial charge in [0, 0.05) is 56.0 Å². The molecule has 11 heteroatoms. The van der Waals surface area contributed by atoms with E-state index in [4.69, 9.17) is 9.72 Å². The molecule has 4 aromatic rings. The Labute approximate surface area is 241 Å². The highest BCUT2D eigenvalue weighted by atomic mass is 32.1. The second-order valence-electron chi connectivity index (χ2n) is 10.9. The van der Waals surface area contributed by atoms with E-state index in [1.165, 1.54) is 24.3 Å². The third-order valence-electron chi connectivity index (χ3n) is 6.63. The summed E-state index contributed by atoms with van der Waals surface area (Å²) in [6.45, 7) is 9.19. The lowest BCUT2D eigenvalue weighted by molar-refractivity contribution is -0.384. The van der Waals surface area contributed by atoms with E-state index in [1.807, 2.05) is 51.1 Å². The number of nitro groups is 1. The number of hydrogen-bond donors (Lipinski definition) is 1. The molecule has 1 saturated heterocycles. The SMILES string of the molecule is CC(C)(C)OC(=O)N1CCN(Cc2ccc3nc(-c4ccccc4NC(=O)c4ccc([N+](=O)[O-])cc4)sc3c2)CC1. The van der Waals surface area contributed by atoms with Gasteiger partial charge in [0.1, 0.15) is 10.6 Å². The van der Waals surface area contributed by atoms with Crippen molar-refractivity contribution in [2.75, 3.05) is 31.5 Å². The molecule has 41 heavy (non-hydrogen) atoms. The number of non-ortho nitro benzene ring substituents is 1. The van der Waals surface area contributed by atoms with Crippen LogP contribution in [0.1, 0.15) is 36.7 Å². The van der Waals surface area contributed by atoms with E-state index in [-0.39, 0.29) is 17.7 Å². The molecule has 1 fully saturated rings. The van der Waals surface area contributed by atoms with Gasteiger partial charge in [0.15, 0.2) is 0 Å². The largest absolute Gasteiger partial charge is 0.444 e. The molecule has 2 heterocycles. The predicted molar refractivity (Wildman–Crippen MR) is 159 cm³/mol. The number of hydrogen-bond acceptors (Lipinski definition) is 8. The summed E-state index contributed by atoms with van der Waals surface area (Å²) in [6, 6.07) is 19.2. The van der Waals surface area contributed by atoms with Crippen LogP contribution in [0.25, 0.3) is 20.8 Å². The van der Waals surface area contributed by atoms with Crippen molar-refractivity contribution in [1.82, 2.24) is 14.8 Å². The van der Waals surface area contributed by atoms with E-state index in [2.05, 4.69) is 22.3 Å². The third-order valence-corrected chi connectivity index (χ3v) is 7.68. The average molecular weight is 574 g/mol. The van der Waals surface area contributed by atoms with Gasteiger partial charge >= 0.3 is 6.09 Å². The van der Waals surface area contributed by atoms with Gasteiger partial charge in [0.2, 0.25) is 0 Å². The lowest BCUT2D eigenvalue weighted by Gasteiger charge is -2.35. The number of carbonyl (C=O) groups excluding carboxylic acids is 2. The normalized spacial score (nSPS) is 14.2. The number of nitrogens with one attached hydrogen (secondary N) is 1. The minimum Gasteiger partial charge on any atom is -0.444 e. The van der Waals surface area contributed by atoms with E-state index in [1.54, 1.807) is 16.2 Å². The second kappa shape index (κ2) is 11.6. The minimum absolute atomic E-state index is 0.0705. The van der Waals surface area contributed by atoms with Crippen LogP contribution in [-0.4, -0.2) is 63.5 Å². The second-order valence-corrected chi connectivity index (χ2v) is 11.9. The van der Waals surface area contributed by atoms with Crippen LogP contribution in [0.15, 0.2) is 66.7 Å². The van der Waals surface area contributed by atoms with Gasteiger partial charge in [-0.3, -0.25) is 19.8 Å². The number of rotatable bonds is 6. The summed E-state index contributed by atoms with van der Waals surface area (Å²) >= 11 is 1.55. The van der Waals surface area contributed by atoms with Crippen LogP contribution < -0.4 is 5.32 Å². The van der Waals surface area contributed by atoms with Crippen LogP contribution in [0.2, 0.25) is 0 Å². The van der Waals surface area contributed by atoms with Gasteiger partial charge < -0.3 is 15.0 Å². The van der Waals surface area contributed by atoms with Gasteiger partial charge in [-0.1, -0.05) is 18.2 Å². The lowest BCUT2D eigenvalue weighted by atomic mass is 10.1. The number of benzene rings is 3. The molecule has 0 spiro atoms. The van der Waals surface area contributed by atoms with Crippen LogP contribution >= 0.6 is 11.3 Å². The number of ether oxygens (including phenoxy) is 1. The molecular formula is C30H31N5O5S. The van der Waals surface area contributed by atoms with Gasteiger partial charge in [0.05, 0.1) is 20.8 Å². The molecule has 2 amide bonds. The predicted octanol–water partition coefficient (Wildman–Crippen LogP) is 6.18. The van der Waals surface area contributed by atoms with Crippen LogP contribution in [0, 0.1) is 10.1 Å². The fourth-order valence-corrected chi connectivity index (χ4v) is 5.63. The molecule has 1 aromatic heterocycles. The van der Waals surface area contributed by atoms with E-state index in [0.717, 1.165) is 46.0 Å². The highest BCUT2D eigenvalue weighted by Gasteiger charge is 2.26. The first-order valence-electron chi connectivity index (χ1n) is 13.3. The molecular weight excluding hydrogens is 542 g/mol. The van der Waals surface area contributed by atoms with Crippen molar-refractivity contribution in [1.29, 1.82) is 0 Å². The Hall–Kier alpha value is -4.35. The summed E-state index contributed by atoms with van der Waals surface area (Å²) in [5.41, 5.74) is 3.20. The minimum atomic E-state index is -0.503. The zero-order chi connectivity index (χ0) is 29.1. The van der Waals surface area contributed by atoms with Crippen molar-refractivity contribution in [2.45, 2.75) is 32.9 Å². The molecule has 5 rings (SSSR count). The number of carbonyl (C=O) groups is 2. The van der Waals surface area contributed by atoms with Crippen molar-refractivity contribution >= 4 is 44.9 Å². The average Bonchev–Trinajstić information content (AvgIpc) is 3.36. The summed E-state index contributed by atoms with van der Waals surface area (Å²) in [4.78, 5) is 44.6. The summed E-state index contributed by atoms with van der Waals surface area (Å²) < 4.78 is 6.54. The third kappa shape index (κ3) is 6.87. The van der Waals surface area contributed by atoms with Crippen molar-refractivity contribution in [3.05, 3.63) is 88.0 Å². The van der Waals surface area contributed by atoms with Crippen LogP contribution in [0.4, 0.5) is 16.2 Å². The standard InChI is InChI=1S/C30H31N5O5S/c1-30(2,3)40-29(37)34-16-14-33(15-17-34)19-20-8-13-25-26(18-20)41-28(32-25)23-6-4-5-7-24(23)31-27(36)21-9-11-22(12-10-21)35(38)39/h4-13,18H,14-17,19H2,1-3H3,(H,31,36). The number of nitro benzene ring substituents is 1. The van der Waals surface area contributed by atoms with Gasteiger partial charge in [-0.05, 0) is 62.7 Å². The molecule has 212 valence electrons. The Kier molecular flexibility index (Phi) is 8.00. The fourth-order valence-electron chi connectivity index (χ4n) is 4.56. The number of anilines is 1. The lowest BCUT2D eigenvalue weighted by Crippen LogP contribution is -2.49. The van der Waals surface area contributed by atoms with E-state index < -0.39 is 10.5 Å². The molecule has 0 aliphatic carbocycles. The maximum absolute atomic E-state index is 12.9. The molecule has 0 unspecified atom stereocenters. The van der Waals surface area contributed by atoms with Crippen LogP contribution in [0.5, 0.6) is 0 Å². The number of fused-ring (bicyclic) bond motifs is 1. The number of para-hydroxylation sites is 1. The van der Waals surface area contributed by atoms with Crippen molar-refractivity contribution in [3.8, 4) is 10.6 Å². The Morgan fingerprint density at radius 2 is 1.73 bits per heavy atom.